The molecule has 0 spiro atoms. The summed E-state index contributed by atoms with van der Waals surface area (Å²) in [5, 5.41) is 0. The third-order valence-corrected chi connectivity index (χ3v) is 3.52. The van der Waals surface area contributed by atoms with E-state index < -0.39 is 11.7 Å². The maximum atomic E-state index is 11.9. The molecule has 1 aromatic heterocycles. The smallest absolute Gasteiger partial charge is 0.332 e. The summed E-state index contributed by atoms with van der Waals surface area (Å²) >= 11 is 0. The summed E-state index contributed by atoms with van der Waals surface area (Å²) in [7, 11) is 4.35. The van der Waals surface area contributed by atoms with Gasteiger partial charge < -0.3 is 9.64 Å². The highest BCUT2D eigenvalue weighted by atomic mass is 16.5. The van der Waals surface area contributed by atoms with Gasteiger partial charge in [0.1, 0.15) is 11.9 Å². The normalized spacial score (nSPS) is 18.7. The molecule has 7 heteroatoms. The molecule has 0 unspecified atom stereocenters. The highest BCUT2D eigenvalue weighted by molar-refractivity contribution is 5.80. The Hall–Kier alpha value is -2.05. The Balaban J connectivity index is 2.50. The van der Waals surface area contributed by atoms with Gasteiger partial charge in [-0.15, -0.1) is 0 Å². The summed E-state index contributed by atoms with van der Waals surface area (Å²) in [5.74, 6) is 0.117. The van der Waals surface area contributed by atoms with Gasteiger partial charge in [-0.1, -0.05) is 0 Å². The average Bonchev–Trinajstić information content (AvgIpc) is 2.88. The van der Waals surface area contributed by atoms with Crippen molar-refractivity contribution in [1.82, 2.24) is 9.13 Å². The second-order valence-corrected chi connectivity index (χ2v) is 4.62. The standard InChI is InChI=1S/C12H17N3O4/c1-13-9(7-10(16)14(2)12(13)18)15-6-4-5-8(15)11(17)19-3/h7-8H,4-6H2,1-3H3/t8-/m1/s1. The summed E-state index contributed by atoms with van der Waals surface area (Å²) in [6.07, 6.45) is 1.49. The number of carbonyl (C=O) groups is 1. The SMILES string of the molecule is COC(=O)[C@H]1CCCN1c1cc(=O)n(C)c(=O)n1C. The van der Waals surface area contributed by atoms with Gasteiger partial charge in [0.2, 0.25) is 0 Å². The lowest BCUT2D eigenvalue weighted by Gasteiger charge is -2.26. The zero-order chi connectivity index (χ0) is 14.2. The third kappa shape index (κ3) is 2.16. The molecule has 0 N–H and O–H groups in total. The summed E-state index contributed by atoms with van der Waals surface area (Å²) in [4.78, 5) is 37.1. The van der Waals surface area contributed by atoms with Crippen LogP contribution in [0.3, 0.4) is 0 Å². The molecule has 2 heterocycles. The first-order chi connectivity index (χ1) is 8.97. The van der Waals surface area contributed by atoms with Gasteiger partial charge in [-0.3, -0.25) is 13.9 Å². The van der Waals surface area contributed by atoms with Crippen LogP contribution < -0.4 is 16.1 Å². The molecule has 0 bridgehead atoms. The molecule has 0 aromatic carbocycles. The Morgan fingerprint density at radius 1 is 1.32 bits per heavy atom. The zero-order valence-corrected chi connectivity index (χ0v) is 11.3. The highest BCUT2D eigenvalue weighted by Gasteiger charge is 2.33. The van der Waals surface area contributed by atoms with Gasteiger partial charge in [0, 0.05) is 26.7 Å². The molecule has 1 saturated heterocycles. The predicted octanol–water partition coefficient (Wildman–Crippen LogP) is -0.774. The molecule has 104 valence electrons. The van der Waals surface area contributed by atoms with E-state index in [1.807, 2.05) is 0 Å². The lowest BCUT2D eigenvalue weighted by molar-refractivity contribution is -0.141. The Morgan fingerprint density at radius 2 is 2.00 bits per heavy atom. The van der Waals surface area contributed by atoms with Gasteiger partial charge in [0.25, 0.3) is 5.56 Å². The Bertz CT molecular complexity index is 616. The van der Waals surface area contributed by atoms with Crippen molar-refractivity contribution in [3.8, 4) is 0 Å². The number of methoxy groups -OCH3 is 1. The van der Waals surface area contributed by atoms with Crippen LogP contribution in [-0.4, -0.2) is 34.8 Å². The van der Waals surface area contributed by atoms with Gasteiger partial charge in [-0.2, -0.15) is 0 Å². The molecule has 1 atom stereocenters. The molecular formula is C12H17N3O4. The molecule has 7 nitrogen and oxygen atoms in total. The van der Waals surface area contributed by atoms with Crippen molar-refractivity contribution in [2.75, 3.05) is 18.6 Å². The number of anilines is 1. The van der Waals surface area contributed by atoms with Gasteiger partial charge in [-0.05, 0) is 12.8 Å². The van der Waals surface area contributed by atoms with Crippen molar-refractivity contribution in [3.05, 3.63) is 26.9 Å². The van der Waals surface area contributed by atoms with Crippen LogP contribution in [0.1, 0.15) is 12.8 Å². The third-order valence-electron chi connectivity index (χ3n) is 3.52. The van der Waals surface area contributed by atoms with Gasteiger partial charge in [0.05, 0.1) is 7.11 Å². The van der Waals surface area contributed by atoms with Crippen LogP contribution in [-0.2, 0) is 23.6 Å². The number of esters is 1. The number of hydrogen-bond acceptors (Lipinski definition) is 5. The summed E-state index contributed by atoms with van der Waals surface area (Å²) in [6, 6.07) is 0.950. The molecule has 1 aromatic rings. The largest absolute Gasteiger partial charge is 0.467 e. The van der Waals surface area contributed by atoms with Crippen LogP contribution in [0.25, 0.3) is 0 Å². The summed E-state index contributed by atoms with van der Waals surface area (Å²) in [6.45, 7) is 0.625. The first kappa shape index (κ1) is 13.4. The fourth-order valence-electron chi connectivity index (χ4n) is 2.42. The van der Waals surface area contributed by atoms with Crippen LogP contribution in [0.4, 0.5) is 5.82 Å². The second-order valence-electron chi connectivity index (χ2n) is 4.62. The van der Waals surface area contributed by atoms with Crippen molar-refractivity contribution in [1.29, 1.82) is 0 Å². The molecule has 2 rings (SSSR count). The number of aromatic nitrogens is 2. The maximum Gasteiger partial charge on any atom is 0.332 e. The molecule has 0 radical (unpaired) electrons. The molecule has 1 aliphatic rings. The minimum absolute atomic E-state index is 0.342. The van der Waals surface area contributed by atoms with E-state index in [-0.39, 0.29) is 11.5 Å². The van der Waals surface area contributed by atoms with Crippen LogP contribution in [0.15, 0.2) is 15.7 Å². The molecule has 0 amide bonds. The van der Waals surface area contributed by atoms with E-state index in [0.717, 1.165) is 11.0 Å². The molecular weight excluding hydrogens is 250 g/mol. The van der Waals surface area contributed by atoms with E-state index in [4.69, 9.17) is 4.74 Å². The van der Waals surface area contributed by atoms with E-state index in [2.05, 4.69) is 0 Å². The molecule has 19 heavy (non-hydrogen) atoms. The molecule has 0 aliphatic carbocycles. The Kier molecular flexibility index (Phi) is 3.46. The van der Waals surface area contributed by atoms with E-state index in [1.54, 1.807) is 11.9 Å². The molecule has 1 fully saturated rings. The van der Waals surface area contributed by atoms with Gasteiger partial charge in [0.15, 0.2) is 0 Å². The van der Waals surface area contributed by atoms with E-state index in [0.29, 0.717) is 18.8 Å². The summed E-state index contributed by atoms with van der Waals surface area (Å²) in [5.41, 5.74) is -0.786. The minimum atomic E-state index is -0.428. The number of ether oxygens (including phenoxy) is 1. The average molecular weight is 267 g/mol. The van der Waals surface area contributed by atoms with Crippen LogP contribution in [0.2, 0.25) is 0 Å². The molecule has 1 aliphatic heterocycles. The van der Waals surface area contributed by atoms with Crippen LogP contribution >= 0.6 is 0 Å². The topological polar surface area (TPSA) is 73.5 Å². The quantitative estimate of drug-likeness (QED) is 0.658. The number of carbonyl (C=O) groups excluding carboxylic acids is 1. The predicted molar refractivity (Wildman–Crippen MR) is 69.3 cm³/mol. The van der Waals surface area contributed by atoms with Crippen molar-refractivity contribution < 1.29 is 9.53 Å². The van der Waals surface area contributed by atoms with Gasteiger partial charge in [-0.25, -0.2) is 9.59 Å². The monoisotopic (exact) mass is 267 g/mol. The van der Waals surface area contributed by atoms with Crippen molar-refractivity contribution in [2.24, 2.45) is 14.1 Å². The first-order valence-corrected chi connectivity index (χ1v) is 6.09. The maximum absolute atomic E-state index is 11.9. The minimum Gasteiger partial charge on any atom is -0.467 e. The lowest BCUT2D eigenvalue weighted by atomic mass is 10.2. The second kappa shape index (κ2) is 4.91. The zero-order valence-electron chi connectivity index (χ0n) is 11.3. The highest BCUT2D eigenvalue weighted by Crippen LogP contribution is 2.24. The number of nitrogens with zero attached hydrogens (tertiary/aromatic N) is 3. The summed E-state index contributed by atoms with van der Waals surface area (Å²) < 4.78 is 7.17. The lowest BCUT2D eigenvalue weighted by Crippen LogP contribution is -2.44. The number of rotatable bonds is 2. The molecule has 0 saturated carbocycles. The van der Waals surface area contributed by atoms with E-state index in [9.17, 15) is 14.4 Å². The fraction of sp³-hybridized carbons (Fsp3) is 0.583. The van der Waals surface area contributed by atoms with E-state index in [1.165, 1.54) is 24.8 Å². The van der Waals surface area contributed by atoms with Crippen molar-refractivity contribution in [2.45, 2.75) is 18.9 Å². The number of hydrogen-bond donors (Lipinski definition) is 0. The Morgan fingerprint density at radius 3 is 2.63 bits per heavy atom. The van der Waals surface area contributed by atoms with Crippen molar-refractivity contribution in [3.63, 3.8) is 0 Å². The fourth-order valence-corrected chi connectivity index (χ4v) is 2.42. The van der Waals surface area contributed by atoms with Crippen LogP contribution in [0.5, 0.6) is 0 Å². The van der Waals surface area contributed by atoms with Gasteiger partial charge >= 0.3 is 11.7 Å². The van der Waals surface area contributed by atoms with Crippen molar-refractivity contribution >= 4 is 11.8 Å². The van der Waals surface area contributed by atoms with Crippen LogP contribution in [0, 0.1) is 0 Å². The van der Waals surface area contributed by atoms with E-state index >= 15 is 0 Å². The Labute approximate surface area is 110 Å². The first-order valence-electron chi connectivity index (χ1n) is 6.09.